The first-order valence-electron chi connectivity index (χ1n) is 4.00. The summed E-state index contributed by atoms with van der Waals surface area (Å²) in [5, 5.41) is 8.71. The number of H-pyrrole nitrogens is 2. The summed E-state index contributed by atoms with van der Waals surface area (Å²) < 4.78 is 1.48. The smallest absolute Gasteiger partial charge is 0.327 e. The monoisotopic (exact) mass is 196 g/mol. The molecule has 0 saturated carbocycles. The van der Waals surface area contributed by atoms with E-state index in [-0.39, 0.29) is 24.3 Å². The molecule has 2 heterocycles. The first-order valence-corrected chi connectivity index (χ1v) is 4.00. The van der Waals surface area contributed by atoms with E-state index in [1.807, 2.05) is 0 Å². The Morgan fingerprint density at radius 1 is 1.43 bits per heavy atom. The molecule has 0 spiro atoms. The molecule has 74 valence electrons. The maximum absolute atomic E-state index is 11.3. The lowest BCUT2D eigenvalue weighted by Gasteiger charge is -1.97. The predicted molar refractivity (Wildman–Crippen MR) is 48.1 cm³/mol. The van der Waals surface area contributed by atoms with E-state index < -0.39 is 11.2 Å². The summed E-state index contributed by atoms with van der Waals surface area (Å²) in [4.78, 5) is 30.5. The van der Waals surface area contributed by atoms with Crippen molar-refractivity contribution >= 4 is 11.2 Å². The van der Waals surface area contributed by atoms with Crippen LogP contribution in [-0.4, -0.2) is 31.2 Å². The first-order chi connectivity index (χ1) is 6.72. The van der Waals surface area contributed by atoms with E-state index in [0.29, 0.717) is 0 Å². The lowest BCUT2D eigenvalue weighted by molar-refractivity contribution is 0.277. The molecule has 2 aromatic heterocycles. The van der Waals surface area contributed by atoms with Gasteiger partial charge in [0.25, 0.3) is 5.56 Å². The van der Waals surface area contributed by atoms with Gasteiger partial charge in [-0.15, -0.1) is 0 Å². The molecular formula is C7H8N4O3. The molecule has 0 radical (unpaired) electrons. The van der Waals surface area contributed by atoms with Gasteiger partial charge in [0.1, 0.15) is 0 Å². The van der Waals surface area contributed by atoms with Gasteiger partial charge in [0.15, 0.2) is 11.2 Å². The molecule has 0 aliphatic rings. The van der Waals surface area contributed by atoms with Crippen molar-refractivity contribution in [1.82, 2.24) is 19.5 Å². The highest BCUT2D eigenvalue weighted by molar-refractivity contribution is 5.68. The number of rotatable bonds is 2. The molecule has 0 bridgehead atoms. The van der Waals surface area contributed by atoms with Crippen molar-refractivity contribution in [3.63, 3.8) is 0 Å². The van der Waals surface area contributed by atoms with Crippen LogP contribution in [0.15, 0.2) is 15.9 Å². The first kappa shape index (κ1) is 8.70. The summed E-state index contributed by atoms with van der Waals surface area (Å²) in [6.45, 7) is 0.176. The molecule has 0 aliphatic carbocycles. The summed E-state index contributed by atoms with van der Waals surface area (Å²) in [5.41, 5.74) is -0.600. The fourth-order valence-electron chi connectivity index (χ4n) is 1.29. The third kappa shape index (κ3) is 1.23. The second kappa shape index (κ2) is 3.11. The minimum absolute atomic E-state index is 0.0932. The molecular weight excluding hydrogens is 188 g/mol. The van der Waals surface area contributed by atoms with E-state index >= 15 is 0 Å². The molecule has 0 aliphatic heterocycles. The van der Waals surface area contributed by atoms with Gasteiger partial charge in [-0.3, -0.25) is 14.8 Å². The number of aliphatic hydroxyl groups is 1. The summed E-state index contributed by atoms with van der Waals surface area (Å²) in [6.07, 6.45) is 1.39. The van der Waals surface area contributed by atoms with E-state index in [4.69, 9.17) is 5.11 Å². The summed E-state index contributed by atoms with van der Waals surface area (Å²) in [5.74, 6) is 0. The quantitative estimate of drug-likeness (QED) is 0.538. The van der Waals surface area contributed by atoms with Gasteiger partial charge in [0.2, 0.25) is 0 Å². The summed E-state index contributed by atoms with van der Waals surface area (Å²) in [6, 6.07) is 0. The van der Waals surface area contributed by atoms with Crippen LogP contribution in [0.25, 0.3) is 11.2 Å². The molecule has 0 fully saturated rings. The van der Waals surface area contributed by atoms with Crippen molar-refractivity contribution in [3.8, 4) is 0 Å². The maximum atomic E-state index is 11.3. The van der Waals surface area contributed by atoms with Crippen molar-refractivity contribution in [2.24, 2.45) is 0 Å². The standard InChI is InChI=1S/C7H8N4O3/c12-2-1-11-3-8-5-4(11)6(13)10-7(14)9-5/h3,12H,1-2H2,(H2,9,10,13,14). The summed E-state index contributed by atoms with van der Waals surface area (Å²) in [7, 11) is 0. The number of fused-ring (bicyclic) bond motifs is 1. The topological polar surface area (TPSA) is 104 Å². The van der Waals surface area contributed by atoms with Gasteiger partial charge < -0.3 is 9.67 Å². The second-order valence-electron chi connectivity index (χ2n) is 2.77. The highest BCUT2D eigenvalue weighted by Gasteiger charge is 2.06. The Balaban J connectivity index is 2.79. The van der Waals surface area contributed by atoms with Gasteiger partial charge >= 0.3 is 5.69 Å². The highest BCUT2D eigenvalue weighted by atomic mass is 16.3. The SMILES string of the molecule is O=c1[nH]c(=O)c2c(ncn2CCO)[nH]1. The van der Waals surface area contributed by atoms with Crippen molar-refractivity contribution < 1.29 is 5.11 Å². The number of hydrogen-bond acceptors (Lipinski definition) is 4. The van der Waals surface area contributed by atoms with Crippen LogP contribution in [0.1, 0.15) is 0 Å². The van der Waals surface area contributed by atoms with Crippen LogP contribution < -0.4 is 11.2 Å². The predicted octanol–water partition coefficient (Wildman–Crippen LogP) is -1.59. The van der Waals surface area contributed by atoms with Gasteiger partial charge in [-0.2, -0.15) is 0 Å². The molecule has 14 heavy (non-hydrogen) atoms. The van der Waals surface area contributed by atoms with Crippen LogP contribution in [-0.2, 0) is 6.54 Å². The Morgan fingerprint density at radius 2 is 2.21 bits per heavy atom. The normalized spacial score (nSPS) is 10.9. The number of aliphatic hydroxyl groups excluding tert-OH is 1. The minimum atomic E-state index is -0.586. The van der Waals surface area contributed by atoms with Gasteiger partial charge in [0.05, 0.1) is 12.9 Å². The van der Waals surface area contributed by atoms with Crippen molar-refractivity contribution in [2.45, 2.75) is 6.54 Å². The molecule has 0 saturated heterocycles. The van der Waals surface area contributed by atoms with Crippen molar-refractivity contribution in [1.29, 1.82) is 0 Å². The molecule has 7 heteroatoms. The average Bonchev–Trinajstić information content (AvgIpc) is 2.49. The third-order valence-electron chi connectivity index (χ3n) is 1.85. The highest BCUT2D eigenvalue weighted by Crippen LogP contribution is 2.01. The van der Waals surface area contributed by atoms with Crippen molar-refractivity contribution in [3.05, 3.63) is 27.2 Å². The fourth-order valence-corrected chi connectivity index (χ4v) is 1.29. The van der Waals surface area contributed by atoms with E-state index in [1.54, 1.807) is 0 Å². The Kier molecular flexibility index (Phi) is 1.93. The van der Waals surface area contributed by atoms with Gasteiger partial charge in [-0.25, -0.2) is 9.78 Å². The van der Waals surface area contributed by atoms with Gasteiger partial charge in [-0.05, 0) is 0 Å². The molecule has 7 nitrogen and oxygen atoms in total. The van der Waals surface area contributed by atoms with Crippen LogP contribution in [0.3, 0.4) is 0 Å². The van der Waals surface area contributed by atoms with E-state index in [9.17, 15) is 9.59 Å². The molecule has 3 N–H and O–H groups in total. The maximum Gasteiger partial charge on any atom is 0.327 e. The number of aromatic nitrogens is 4. The Morgan fingerprint density at radius 3 is 2.93 bits per heavy atom. The number of aromatic amines is 2. The number of nitrogens with one attached hydrogen (secondary N) is 2. The minimum Gasteiger partial charge on any atom is -0.395 e. The van der Waals surface area contributed by atoms with Gasteiger partial charge in [0, 0.05) is 6.54 Å². The van der Waals surface area contributed by atoms with Crippen molar-refractivity contribution in [2.75, 3.05) is 6.61 Å². The van der Waals surface area contributed by atoms with E-state index in [2.05, 4.69) is 15.0 Å². The molecule has 2 rings (SSSR count). The number of imidazole rings is 1. The third-order valence-corrected chi connectivity index (χ3v) is 1.85. The lowest BCUT2D eigenvalue weighted by atomic mass is 10.5. The fraction of sp³-hybridized carbons (Fsp3) is 0.286. The van der Waals surface area contributed by atoms with Crippen LogP contribution in [0.2, 0.25) is 0 Å². The largest absolute Gasteiger partial charge is 0.395 e. The second-order valence-corrected chi connectivity index (χ2v) is 2.77. The zero-order chi connectivity index (χ0) is 10.1. The molecule has 2 aromatic rings. The Bertz CT molecular complexity index is 564. The van der Waals surface area contributed by atoms with Gasteiger partial charge in [-0.1, -0.05) is 0 Å². The number of nitrogens with zero attached hydrogens (tertiary/aromatic N) is 2. The number of hydrogen-bond donors (Lipinski definition) is 3. The van der Waals surface area contributed by atoms with Crippen LogP contribution >= 0.6 is 0 Å². The lowest BCUT2D eigenvalue weighted by Crippen LogP contribution is -2.23. The summed E-state index contributed by atoms with van der Waals surface area (Å²) >= 11 is 0. The average molecular weight is 196 g/mol. The van der Waals surface area contributed by atoms with Crippen LogP contribution in [0, 0.1) is 0 Å². The molecule has 0 amide bonds. The zero-order valence-corrected chi connectivity index (χ0v) is 7.15. The van der Waals surface area contributed by atoms with E-state index in [0.717, 1.165) is 0 Å². The Labute approximate surface area is 77.0 Å². The molecule has 0 atom stereocenters. The van der Waals surface area contributed by atoms with Crippen LogP contribution in [0.5, 0.6) is 0 Å². The molecule has 0 aromatic carbocycles. The van der Waals surface area contributed by atoms with Crippen LogP contribution in [0.4, 0.5) is 0 Å². The zero-order valence-electron chi connectivity index (χ0n) is 7.15. The Hall–Kier alpha value is -1.89. The molecule has 0 unspecified atom stereocenters. The van der Waals surface area contributed by atoms with E-state index in [1.165, 1.54) is 10.9 Å².